The van der Waals surface area contributed by atoms with Gasteiger partial charge in [0.2, 0.25) is 0 Å². The molecule has 15 heavy (non-hydrogen) atoms. The van der Waals surface area contributed by atoms with Crippen LogP contribution in [-0.2, 0) is 11.3 Å². The van der Waals surface area contributed by atoms with Crippen molar-refractivity contribution in [1.82, 2.24) is 0 Å². The zero-order valence-electron chi connectivity index (χ0n) is 8.62. The van der Waals surface area contributed by atoms with Gasteiger partial charge < -0.3 is 10.5 Å². The molecule has 1 aromatic rings. The first-order valence-electron chi connectivity index (χ1n) is 5.35. The van der Waals surface area contributed by atoms with Crippen LogP contribution in [0.5, 0.6) is 0 Å². The fraction of sp³-hybridized carbons (Fsp3) is 0.636. The lowest BCUT2D eigenvalue weighted by Crippen LogP contribution is -2.25. The van der Waals surface area contributed by atoms with E-state index in [-0.39, 0.29) is 0 Å². The highest BCUT2D eigenvalue weighted by Crippen LogP contribution is 2.29. The van der Waals surface area contributed by atoms with E-state index in [2.05, 4.69) is 28.1 Å². The fourth-order valence-corrected chi connectivity index (χ4v) is 3.52. The van der Waals surface area contributed by atoms with Gasteiger partial charge in [0.1, 0.15) is 0 Å². The Morgan fingerprint density at radius 2 is 2.33 bits per heavy atom. The smallest absolute Gasteiger partial charge is 0.0813 e. The van der Waals surface area contributed by atoms with Crippen LogP contribution in [0, 0.1) is 5.92 Å². The van der Waals surface area contributed by atoms with Crippen molar-refractivity contribution in [2.24, 2.45) is 11.7 Å². The third-order valence-electron chi connectivity index (χ3n) is 2.96. The van der Waals surface area contributed by atoms with Crippen LogP contribution in [0.2, 0.25) is 0 Å². The first-order valence-corrected chi connectivity index (χ1v) is 6.96. The molecule has 1 aromatic heterocycles. The standard InChI is InChI=1S/C11H16BrNOS/c12-11-5-4-9(15-11)7-14-10-3-1-2-8(10)6-13/h4-5,8,10H,1-3,6-7,13H2. The molecule has 1 aliphatic rings. The van der Waals surface area contributed by atoms with Crippen molar-refractivity contribution in [2.45, 2.75) is 32.0 Å². The van der Waals surface area contributed by atoms with E-state index in [0.717, 1.165) is 13.2 Å². The molecule has 2 nitrogen and oxygen atoms in total. The van der Waals surface area contributed by atoms with E-state index in [9.17, 15) is 0 Å². The molecule has 4 heteroatoms. The highest BCUT2D eigenvalue weighted by atomic mass is 79.9. The van der Waals surface area contributed by atoms with Crippen molar-refractivity contribution >= 4 is 27.3 Å². The highest BCUT2D eigenvalue weighted by Gasteiger charge is 2.26. The molecule has 2 N–H and O–H groups in total. The Morgan fingerprint density at radius 1 is 1.47 bits per heavy atom. The summed E-state index contributed by atoms with van der Waals surface area (Å²) in [5, 5.41) is 0. The monoisotopic (exact) mass is 289 g/mol. The topological polar surface area (TPSA) is 35.2 Å². The SMILES string of the molecule is NCC1CCCC1OCc1ccc(Br)s1. The van der Waals surface area contributed by atoms with E-state index in [1.165, 1.54) is 27.9 Å². The van der Waals surface area contributed by atoms with Crippen LogP contribution in [0.1, 0.15) is 24.1 Å². The Labute approximate surface area is 103 Å². The van der Waals surface area contributed by atoms with Crippen molar-refractivity contribution in [3.63, 3.8) is 0 Å². The predicted octanol–water partition coefficient (Wildman–Crippen LogP) is 3.15. The summed E-state index contributed by atoms with van der Waals surface area (Å²) in [5.41, 5.74) is 5.71. The molecule has 0 spiro atoms. The molecule has 2 unspecified atom stereocenters. The van der Waals surface area contributed by atoms with Crippen molar-refractivity contribution in [3.05, 3.63) is 20.8 Å². The molecule has 0 aromatic carbocycles. The summed E-state index contributed by atoms with van der Waals surface area (Å²) in [5.74, 6) is 0.577. The van der Waals surface area contributed by atoms with E-state index in [1.807, 2.05) is 0 Å². The van der Waals surface area contributed by atoms with Gasteiger partial charge in [0, 0.05) is 4.88 Å². The predicted molar refractivity (Wildman–Crippen MR) is 67.0 cm³/mol. The number of halogens is 1. The number of ether oxygens (including phenoxy) is 1. The van der Waals surface area contributed by atoms with Gasteiger partial charge in [-0.2, -0.15) is 0 Å². The van der Waals surface area contributed by atoms with Gasteiger partial charge in [-0.15, -0.1) is 11.3 Å². The fourth-order valence-electron chi connectivity index (χ4n) is 2.11. The lowest BCUT2D eigenvalue weighted by atomic mass is 10.1. The van der Waals surface area contributed by atoms with Gasteiger partial charge in [0.05, 0.1) is 16.5 Å². The van der Waals surface area contributed by atoms with Crippen LogP contribution in [0.3, 0.4) is 0 Å². The van der Waals surface area contributed by atoms with Crippen LogP contribution < -0.4 is 5.73 Å². The third kappa shape index (κ3) is 3.03. The minimum Gasteiger partial charge on any atom is -0.372 e. The molecule has 0 bridgehead atoms. The Balaban J connectivity index is 1.82. The summed E-state index contributed by atoms with van der Waals surface area (Å²) < 4.78 is 7.08. The highest BCUT2D eigenvalue weighted by molar-refractivity contribution is 9.11. The molecule has 0 amide bonds. The van der Waals surface area contributed by atoms with Crippen LogP contribution in [-0.4, -0.2) is 12.6 Å². The van der Waals surface area contributed by atoms with Gasteiger partial charge in [0.15, 0.2) is 0 Å². The summed E-state index contributed by atoms with van der Waals surface area (Å²) in [7, 11) is 0. The molecular formula is C11H16BrNOS. The molecule has 84 valence electrons. The van der Waals surface area contributed by atoms with E-state index in [1.54, 1.807) is 11.3 Å². The van der Waals surface area contributed by atoms with E-state index in [4.69, 9.17) is 10.5 Å². The van der Waals surface area contributed by atoms with Gasteiger partial charge in [-0.05, 0) is 53.4 Å². The molecule has 2 rings (SSSR count). The van der Waals surface area contributed by atoms with E-state index >= 15 is 0 Å². The maximum atomic E-state index is 5.92. The Hall–Kier alpha value is 0.1000. The number of nitrogens with two attached hydrogens (primary N) is 1. The summed E-state index contributed by atoms with van der Waals surface area (Å²) in [6.07, 6.45) is 4.06. The average Bonchev–Trinajstić information content (AvgIpc) is 2.83. The normalized spacial score (nSPS) is 26.0. The minimum atomic E-state index is 0.385. The second kappa shape index (κ2) is 5.43. The molecular weight excluding hydrogens is 274 g/mol. The maximum Gasteiger partial charge on any atom is 0.0813 e. The zero-order valence-corrected chi connectivity index (χ0v) is 11.0. The molecule has 0 radical (unpaired) electrons. The number of rotatable bonds is 4. The van der Waals surface area contributed by atoms with E-state index < -0.39 is 0 Å². The molecule has 1 heterocycles. The second-order valence-electron chi connectivity index (χ2n) is 3.98. The molecule has 1 saturated carbocycles. The molecule has 0 aliphatic heterocycles. The second-order valence-corrected chi connectivity index (χ2v) is 6.53. The lowest BCUT2D eigenvalue weighted by Gasteiger charge is -2.17. The Morgan fingerprint density at radius 3 is 3.00 bits per heavy atom. The van der Waals surface area contributed by atoms with Gasteiger partial charge in [-0.1, -0.05) is 6.42 Å². The first kappa shape index (κ1) is 11.6. The summed E-state index contributed by atoms with van der Waals surface area (Å²) >= 11 is 5.19. The van der Waals surface area contributed by atoms with Gasteiger partial charge >= 0.3 is 0 Å². The van der Waals surface area contributed by atoms with Gasteiger partial charge in [-0.25, -0.2) is 0 Å². The number of thiophene rings is 1. The van der Waals surface area contributed by atoms with Gasteiger partial charge in [0.25, 0.3) is 0 Å². The van der Waals surface area contributed by atoms with E-state index in [0.29, 0.717) is 12.0 Å². The van der Waals surface area contributed by atoms with Crippen molar-refractivity contribution in [2.75, 3.05) is 6.54 Å². The van der Waals surface area contributed by atoms with Crippen molar-refractivity contribution in [3.8, 4) is 0 Å². The summed E-state index contributed by atoms with van der Waals surface area (Å²) in [6.45, 7) is 1.50. The largest absolute Gasteiger partial charge is 0.372 e. The summed E-state index contributed by atoms with van der Waals surface area (Å²) in [4.78, 5) is 1.28. The third-order valence-corrected chi connectivity index (χ3v) is 4.56. The number of hydrogen-bond donors (Lipinski definition) is 1. The van der Waals surface area contributed by atoms with Crippen LogP contribution in [0.25, 0.3) is 0 Å². The van der Waals surface area contributed by atoms with Crippen molar-refractivity contribution in [1.29, 1.82) is 0 Å². The quantitative estimate of drug-likeness (QED) is 0.924. The number of hydrogen-bond acceptors (Lipinski definition) is 3. The summed E-state index contributed by atoms with van der Waals surface area (Å²) in [6, 6.07) is 4.18. The van der Waals surface area contributed by atoms with Crippen LogP contribution in [0.15, 0.2) is 15.9 Å². The van der Waals surface area contributed by atoms with Gasteiger partial charge in [-0.3, -0.25) is 0 Å². The molecule has 0 saturated heterocycles. The Kier molecular flexibility index (Phi) is 4.20. The molecule has 1 aliphatic carbocycles. The zero-order chi connectivity index (χ0) is 10.7. The first-order chi connectivity index (χ1) is 7.29. The lowest BCUT2D eigenvalue weighted by molar-refractivity contribution is 0.0196. The maximum absolute atomic E-state index is 5.92. The van der Waals surface area contributed by atoms with Crippen LogP contribution in [0.4, 0.5) is 0 Å². The molecule has 1 fully saturated rings. The van der Waals surface area contributed by atoms with Crippen molar-refractivity contribution < 1.29 is 4.74 Å². The molecule has 2 atom stereocenters. The Bertz CT molecular complexity index is 315. The van der Waals surface area contributed by atoms with Crippen LogP contribution >= 0.6 is 27.3 Å². The minimum absolute atomic E-state index is 0.385. The average molecular weight is 290 g/mol.